The number of aryl methyl sites for hydroxylation is 1. The number of urea groups is 1. The van der Waals surface area contributed by atoms with Crippen molar-refractivity contribution in [1.29, 1.82) is 0 Å². The number of rotatable bonds is 7. The van der Waals surface area contributed by atoms with Gasteiger partial charge in [-0.15, -0.1) is 11.3 Å². The second-order valence-corrected chi connectivity index (χ2v) is 6.71. The van der Waals surface area contributed by atoms with Gasteiger partial charge in [0.05, 0.1) is 24.5 Å². The van der Waals surface area contributed by atoms with Crippen molar-refractivity contribution in [3.63, 3.8) is 0 Å². The Labute approximate surface area is 146 Å². The topological polar surface area (TPSA) is 63.7 Å². The Balaban J connectivity index is 1.91. The lowest BCUT2D eigenvalue weighted by molar-refractivity contribution is 0.144. The Bertz CT molecular complexity index is 657. The van der Waals surface area contributed by atoms with Crippen molar-refractivity contribution in [3.05, 3.63) is 40.2 Å². The minimum atomic E-state index is -0.177. The molecule has 0 spiro atoms. The molecule has 2 amide bonds. The van der Waals surface area contributed by atoms with Crippen LogP contribution in [0.1, 0.15) is 22.7 Å². The number of methoxy groups -OCH3 is 1. The summed E-state index contributed by atoms with van der Waals surface area (Å²) in [6, 6.07) is 7.44. The van der Waals surface area contributed by atoms with Crippen molar-refractivity contribution >= 4 is 23.1 Å². The Morgan fingerprint density at radius 3 is 2.71 bits per heavy atom. The van der Waals surface area contributed by atoms with E-state index in [0.29, 0.717) is 24.8 Å². The molecule has 0 aliphatic carbocycles. The molecule has 2 aromatic heterocycles. The Kier molecular flexibility index (Phi) is 6.57. The molecule has 0 aliphatic rings. The monoisotopic (exact) mass is 349 g/mol. The maximum atomic E-state index is 12.4. The molecule has 0 fully saturated rings. The van der Waals surface area contributed by atoms with Gasteiger partial charge in [-0.25, -0.2) is 9.78 Å². The van der Waals surface area contributed by atoms with Gasteiger partial charge in [0, 0.05) is 30.0 Å². The van der Waals surface area contributed by atoms with E-state index >= 15 is 0 Å². The number of pyridine rings is 1. The van der Waals surface area contributed by atoms with Crippen LogP contribution in [0.2, 0.25) is 0 Å². The normalized spacial score (nSPS) is 11.8. The van der Waals surface area contributed by atoms with Gasteiger partial charge in [0.15, 0.2) is 0 Å². The third-order valence-electron chi connectivity index (χ3n) is 3.60. The highest BCUT2D eigenvalue weighted by Crippen LogP contribution is 2.26. The highest BCUT2D eigenvalue weighted by atomic mass is 32.1. The van der Waals surface area contributed by atoms with Gasteiger partial charge in [-0.05, 0) is 32.0 Å². The van der Waals surface area contributed by atoms with E-state index in [2.05, 4.69) is 29.4 Å². The fourth-order valence-corrected chi connectivity index (χ4v) is 3.00. The van der Waals surface area contributed by atoms with Gasteiger partial charge < -0.3 is 19.7 Å². The van der Waals surface area contributed by atoms with E-state index in [9.17, 15) is 4.79 Å². The SMILES string of the molecule is COCCOc1ccc(NC(=O)N(C)[C@H](C)c2ccc(C)s2)cn1. The number of nitrogens with one attached hydrogen (secondary N) is 1. The molecular formula is C17H23N3O3S. The highest BCUT2D eigenvalue weighted by molar-refractivity contribution is 7.12. The zero-order chi connectivity index (χ0) is 17.5. The van der Waals surface area contributed by atoms with E-state index in [4.69, 9.17) is 9.47 Å². The van der Waals surface area contributed by atoms with Gasteiger partial charge in [0.25, 0.3) is 0 Å². The van der Waals surface area contributed by atoms with Gasteiger partial charge in [0.1, 0.15) is 6.61 Å². The molecule has 6 nitrogen and oxygen atoms in total. The van der Waals surface area contributed by atoms with Crippen LogP contribution in [0.5, 0.6) is 5.88 Å². The third kappa shape index (κ3) is 4.94. The first kappa shape index (κ1) is 18.2. The summed E-state index contributed by atoms with van der Waals surface area (Å²) in [5.41, 5.74) is 0.625. The standard InChI is InChI=1S/C17H23N3O3S/c1-12-5-7-15(24-12)13(2)20(3)17(21)19-14-6-8-16(18-11-14)23-10-9-22-4/h5-8,11,13H,9-10H2,1-4H3,(H,19,21)/t13-/m1/s1. The molecule has 24 heavy (non-hydrogen) atoms. The van der Waals surface area contributed by atoms with Crippen molar-refractivity contribution in [2.75, 3.05) is 32.7 Å². The molecule has 0 aromatic carbocycles. The molecule has 2 heterocycles. The van der Waals surface area contributed by atoms with Gasteiger partial charge >= 0.3 is 6.03 Å². The summed E-state index contributed by atoms with van der Waals surface area (Å²) in [5, 5.41) is 2.84. The lowest BCUT2D eigenvalue weighted by Crippen LogP contribution is -2.33. The lowest BCUT2D eigenvalue weighted by atomic mass is 10.2. The smallest absolute Gasteiger partial charge is 0.322 e. The van der Waals surface area contributed by atoms with E-state index in [1.54, 1.807) is 48.7 Å². The van der Waals surface area contributed by atoms with Crippen molar-refractivity contribution < 1.29 is 14.3 Å². The predicted molar refractivity (Wildman–Crippen MR) is 95.9 cm³/mol. The molecule has 130 valence electrons. The summed E-state index contributed by atoms with van der Waals surface area (Å²) in [6.07, 6.45) is 1.58. The van der Waals surface area contributed by atoms with Gasteiger partial charge in [-0.1, -0.05) is 0 Å². The van der Waals surface area contributed by atoms with E-state index in [1.165, 1.54) is 4.88 Å². The summed E-state index contributed by atoms with van der Waals surface area (Å²) >= 11 is 1.70. The van der Waals surface area contributed by atoms with Gasteiger partial charge in [-0.3, -0.25) is 0 Å². The first-order chi connectivity index (χ1) is 11.5. The number of aromatic nitrogens is 1. The highest BCUT2D eigenvalue weighted by Gasteiger charge is 2.18. The Morgan fingerprint density at radius 2 is 2.12 bits per heavy atom. The fraction of sp³-hybridized carbons (Fsp3) is 0.412. The van der Waals surface area contributed by atoms with Crippen LogP contribution in [0, 0.1) is 6.92 Å². The van der Waals surface area contributed by atoms with Crippen LogP contribution in [-0.2, 0) is 4.74 Å². The Morgan fingerprint density at radius 1 is 1.33 bits per heavy atom. The molecule has 0 aliphatic heterocycles. The molecule has 0 radical (unpaired) electrons. The summed E-state index contributed by atoms with van der Waals surface area (Å²) < 4.78 is 10.3. The van der Waals surface area contributed by atoms with Crippen LogP contribution in [0.15, 0.2) is 30.5 Å². The molecule has 0 unspecified atom stereocenters. The average molecular weight is 349 g/mol. The third-order valence-corrected chi connectivity index (χ3v) is 4.77. The molecule has 1 atom stereocenters. The first-order valence-corrected chi connectivity index (χ1v) is 8.51. The second kappa shape index (κ2) is 8.65. The minimum absolute atomic E-state index is 0.00769. The number of amides is 2. The van der Waals surface area contributed by atoms with Gasteiger partial charge in [0.2, 0.25) is 5.88 Å². The molecule has 2 rings (SSSR count). The zero-order valence-corrected chi connectivity index (χ0v) is 15.2. The molecular weight excluding hydrogens is 326 g/mol. The summed E-state index contributed by atoms with van der Waals surface area (Å²) in [4.78, 5) is 20.6. The van der Waals surface area contributed by atoms with Crippen molar-refractivity contribution in [1.82, 2.24) is 9.88 Å². The molecule has 1 N–H and O–H groups in total. The lowest BCUT2D eigenvalue weighted by Gasteiger charge is -2.24. The number of ether oxygens (including phenoxy) is 2. The zero-order valence-electron chi connectivity index (χ0n) is 14.4. The van der Waals surface area contributed by atoms with Gasteiger partial charge in [-0.2, -0.15) is 0 Å². The Hall–Kier alpha value is -2.12. The maximum absolute atomic E-state index is 12.4. The van der Waals surface area contributed by atoms with Crippen LogP contribution in [0.25, 0.3) is 0 Å². The van der Waals surface area contributed by atoms with E-state index in [1.807, 2.05) is 6.92 Å². The largest absolute Gasteiger partial charge is 0.475 e. The number of hydrogen-bond donors (Lipinski definition) is 1. The second-order valence-electron chi connectivity index (χ2n) is 5.39. The van der Waals surface area contributed by atoms with Crippen LogP contribution in [0.3, 0.4) is 0 Å². The van der Waals surface area contributed by atoms with E-state index in [-0.39, 0.29) is 12.1 Å². The average Bonchev–Trinajstić information content (AvgIpc) is 3.01. The molecule has 0 saturated carbocycles. The number of thiophene rings is 1. The van der Waals surface area contributed by atoms with Crippen LogP contribution >= 0.6 is 11.3 Å². The quantitative estimate of drug-likeness (QED) is 0.774. The summed E-state index contributed by atoms with van der Waals surface area (Å²) in [7, 11) is 3.40. The molecule has 0 saturated heterocycles. The number of carbonyl (C=O) groups is 1. The summed E-state index contributed by atoms with van der Waals surface area (Å²) in [6.45, 7) is 5.01. The van der Waals surface area contributed by atoms with Crippen LogP contribution in [0.4, 0.5) is 10.5 Å². The maximum Gasteiger partial charge on any atom is 0.322 e. The van der Waals surface area contributed by atoms with Crippen molar-refractivity contribution in [3.8, 4) is 5.88 Å². The predicted octanol–water partition coefficient (Wildman–Crippen LogP) is 3.70. The number of nitrogens with zero attached hydrogens (tertiary/aromatic N) is 2. The van der Waals surface area contributed by atoms with Crippen molar-refractivity contribution in [2.24, 2.45) is 0 Å². The van der Waals surface area contributed by atoms with Crippen LogP contribution < -0.4 is 10.1 Å². The number of anilines is 1. The number of carbonyl (C=O) groups excluding carboxylic acids is 1. The van der Waals surface area contributed by atoms with Crippen molar-refractivity contribution in [2.45, 2.75) is 19.9 Å². The fourth-order valence-electron chi connectivity index (χ4n) is 2.03. The first-order valence-electron chi connectivity index (χ1n) is 7.69. The van der Waals surface area contributed by atoms with E-state index < -0.39 is 0 Å². The molecule has 7 heteroatoms. The summed E-state index contributed by atoms with van der Waals surface area (Å²) in [5.74, 6) is 0.501. The molecule has 2 aromatic rings. The minimum Gasteiger partial charge on any atom is -0.475 e. The molecule has 0 bridgehead atoms. The van der Waals surface area contributed by atoms with Crippen LogP contribution in [-0.4, -0.2) is 43.3 Å². The number of hydrogen-bond acceptors (Lipinski definition) is 5. The van der Waals surface area contributed by atoms with E-state index in [0.717, 1.165) is 4.88 Å².